The summed E-state index contributed by atoms with van der Waals surface area (Å²) >= 11 is 0. The van der Waals surface area contributed by atoms with Crippen LogP contribution in [-0.4, -0.2) is 36.1 Å². The van der Waals surface area contributed by atoms with Crippen LogP contribution < -0.4 is 5.32 Å². The third-order valence-corrected chi connectivity index (χ3v) is 3.47. The molecule has 0 spiro atoms. The van der Waals surface area contributed by atoms with Gasteiger partial charge in [-0.05, 0) is 26.2 Å². The standard InChI is InChI=1S/C11H20N2/c1-3-9(2)13-7-6-10-4-5-11(8-13)12-10/h3,9-12H,1,4-8H2,2H3. The van der Waals surface area contributed by atoms with Crippen LogP contribution in [0.4, 0.5) is 0 Å². The van der Waals surface area contributed by atoms with Gasteiger partial charge in [0.15, 0.2) is 0 Å². The molecular weight excluding hydrogens is 160 g/mol. The normalized spacial score (nSPS) is 37.0. The van der Waals surface area contributed by atoms with Crippen molar-refractivity contribution >= 4 is 0 Å². The number of rotatable bonds is 2. The fourth-order valence-corrected chi connectivity index (χ4v) is 2.49. The molecule has 2 saturated heterocycles. The molecule has 74 valence electrons. The van der Waals surface area contributed by atoms with Crippen LogP contribution in [0.1, 0.15) is 26.2 Å². The third-order valence-electron chi connectivity index (χ3n) is 3.47. The smallest absolute Gasteiger partial charge is 0.0247 e. The largest absolute Gasteiger partial charge is 0.310 e. The highest BCUT2D eigenvalue weighted by molar-refractivity contribution is 4.94. The summed E-state index contributed by atoms with van der Waals surface area (Å²) in [6.07, 6.45) is 6.12. The molecule has 1 N–H and O–H groups in total. The van der Waals surface area contributed by atoms with Gasteiger partial charge in [0.25, 0.3) is 0 Å². The van der Waals surface area contributed by atoms with E-state index in [0.29, 0.717) is 6.04 Å². The van der Waals surface area contributed by atoms with E-state index in [1.165, 1.54) is 32.4 Å². The molecular formula is C11H20N2. The molecule has 0 aliphatic carbocycles. The average Bonchev–Trinajstić information content (AvgIpc) is 2.45. The van der Waals surface area contributed by atoms with Gasteiger partial charge in [0.05, 0.1) is 0 Å². The molecule has 0 saturated carbocycles. The lowest BCUT2D eigenvalue weighted by molar-refractivity contribution is 0.229. The maximum atomic E-state index is 3.87. The van der Waals surface area contributed by atoms with Gasteiger partial charge >= 0.3 is 0 Å². The summed E-state index contributed by atoms with van der Waals surface area (Å²) in [7, 11) is 0. The van der Waals surface area contributed by atoms with Crippen molar-refractivity contribution in [1.82, 2.24) is 10.2 Å². The van der Waals surface area contributed by atoms with Crippen molar-refractivity contribution in [3.63, 3.8) is 0 Å². The fraction of sp³-hybridized carbons (Fsp3) is 0.818. The predicted octanol–water partition coefficient (Wildman–Crippen LogP) is 1.39. The Morgan fingerprint density at radius 1 is 1.38 bits per heavy atom. The lowest BCUT2D eigenvalue weighted by atomic mass is 10.1. The highest BCUT2D eigenvalue weighted by atomic mass is 15.2. The van der Waals surface area contributed by atoms with Gasteiger partial charge in [0.1, 0.15) is 0 Å². The van der Waals surface area contributed by atoms with Crippen LogP contribution in [0.25, 0.3) is 0 Å². The molecule has 0 amide bonds. The monoisotopic (exact) mass is 180 g/mol. The minimum absolute atomic E-state index is 0.543. The van der Waals surface area contributed by atoms with Crippen molar-refractivity contribution in [3.8, 4) is 0 Å². The Morgan fingerprint density at radius 2 is 2.15 bits per heavy atom. The molecule has 2 fully saturated rings. The number of nitrogens with zero attached hydrogens (tertiary/aromatic N) is 1. The zero-order chi connectivity index (χ0) is 9.26. The van der Waals surface area contributed by atoms with Crippen molar-refractivity contribution in [2.24, 2.45) is 0 Å². The quantitative estimate of drug-likeness (QED) is 0.646. The van der Waals surface area contributed by atoms with E-state index >= 15 is 0 Å². The Hall–Kier alpha value is -0.340. The van der Waals surface area contributed by atoms with Crippen molar-refractivity contribution in [3.05, 3.63) is 12.7 Å². The molecule has 13 heavy (non-hydrogen) atoms. The summed E-state index contributed by atoms with van der Waals surface area (Å²) in [5, 5.41) is 3.69. The molecule has 2 aliphatic rings. The van der Waals surface area contributed by atoms with Gasteiger partial charge in [0.2, 0.25) is 0 Å². The summed E-state index contributed by atoms with van der Waals surface area (Å²) in [6.45, 7) is 8.56. The molecule has 0 radical (unpaired) electrons. The van der Waals surface area contributed by atoms with E-state index in [1.807, 2.05) is 0 Å². The van der Waals surface area contributed by atoms with Gasteiger partial charge in [-0.1, -0.05) is 6.08 Å². The Bertz CT molecular complexity index is 191. The van der Waals surface area contributed by atoms with Crippen LogP contribution in [0.15, 0.2) is 12.7 Å². The second-order valence-electron chi connectivity index (χ2n) is 4.40. The Morgan fingerprint density at radius 3 is 2.92 bits per heavy atom. The number of hydrogen-bond donors (Lipinski definition) is 1. The molecule has 2 bridgehead atoms. The second-order valence-corrected chi connectivity index (χ2v) is 4.40. The van der Waals surface area contributed by atoms with Crippen molar-refractivity contribution in [2.45, 2.75) is 44.3 Å². The van der Waals surface area contributed by atoms with Crippen LogP contribution in [0.2, 0.25) is 0 Å². The predicted molar refractivity (Wildman–Crippen MR) is 55.8 cm³/mol. The number of likely N-dealkylation sites (tertiary alicyclic amines) is 1. The zero-order valence-electron chi connectivity index (χ0n) is 8.50. The highest BCUT2D eigenvalue weighted by Crippen LogP contribution is 2.21. The van der Waals surface area contributed by atoms with Crippen LogP contribution in [-0.2, 0) is 0 Å². The minimum atomic E-state index is 0.543. The second kappa shape index (κ2) is 3.81. The van der Waals surface area contributed by atoms with Crippen LogP contribution in [0, 0.1) is 0 Å². The van der Waals surface area contributed by atoms with Crippen LogP contribution in [0.5, 0.6) is 0 Å². The van der Waals surface area contributed by atoms with Crippen molar-refractivity contribution in [2.75, 3.05) is 13.1 Å². The average molecular weight is 180 g/mol. The molecule has 3 unspecified atom stereocenters. The van der Waals surface area contributed by atoms with Crippen LogP contribution >= 0.6 is 0 Å². The first-order valence-corrected chi connectivity index (χ1v) is 5.42. The van der Waals surface area contributed by atoms with Gasteiger partial charge < -0.3 is 5.32 Å². The first-order chi connectivity index (χ1) is 6.29. The first-order valence-electron chi connectivity index (χ1n) is 5.42. The van der Waals surface area contributed by atoms with E-state index in [4.69, 9.17) is 0 Å². The summed E-state index contributed by atoms with van der Waals surface area (Å²) in [4.78, 5) is 2.55. The molecule has 2 nitrogen and oxygen atoms in total. The minimum Gasteiger partial charge on any atom is -0.310 e. The van der Waals surface area contributed by atoms with Gasteiger partial charge in [-0.25, -0.2) is 0 Å². The Balaban J connectivity index is 1.96. The fourth-order valence-electron chi connectivity index (χ4n) is 2.49. The SMILES string of the molecule is C=CC(C)N1CCC2CCC(C1)N2. The lowest BCUT2D eigenvalue weighted by Gasteiger charge is -2.28. The molecule has 0 aromatic carbocycles. The molecule has 3 atom stereocenters. The maximum Gasteiger partial charge on any atom is 0.0247 e. The first kappa shape index (κ1) is 9.22. The third kappa shape index (κ3) is 1.94. The van der Waals surface area contributed by atoms with Gasteiger partial charge in [-0.3, -0.25) is 4.90 Å². The molecule has 2 heteroatoms. The number of fused-ring (bicyclic) bond motifs is 2. The summed E-state index contributed by atoms with van der Waals surface area (Å²) in [5.74, 6) is 0. The van der Waals surface area contributed by atoms with E-state index in [-0.39, 0.29) is 0 Å². The van der Waals surface area contributed by atoms with Crippen molar-refractivity contribution < 1.29 is 0 Å². The molecule has 0 aromatic rings. The zero-order valence-corrected chi connectivity index (χ0v) is 8.50. The lowest BCUT2D eigenvalue weighted by Crippen LogP contribution is -2.39. The van der Waals surface area contributed by atoms with E-state index < -0.39 is 0 Å². The molecule has 2 heterocycles. The summed E-state index contributed by atoms with van der Waals surface area (Å²) in [5.41, 5.74) is 0. The highest BCUT2D eigenvalue weighted by Gasteiger charge is 2.29. The van der Waals surface area contributed by atoms with Gasteiger partial charge in [-0.2, -0.15) is 0 Å². The Labute approximate surface area is 81.0 Å². The van der Waals surface area contributed by atoms with E-state index in [9.17, 15) is 0 Å². The molecule has 0 aromatic heterocycles. The van der Waals surface area contributed by atoms with E-state index in [2.05, 4.69) is 29.8 Å². The Kier molecular flexibility index (Phi) is 2.70. The number of hydrogen-bond acceptors (Lipinski definition) is 2. The summed E-state index contributed by atoms with van der Waals surface area (Å²) in [6, 6.07) is 2.09. The van der Waals surface area contributed by atoms with E-state index in [1.54, 1.807) is 0 Å². The van der Waals surface area contributed by atoms with E-state index in [0.717, 1.165) is 12.1 Å². The van der Waals surface area contributed by atoms with Crippen LogP contribution in [0.3, 0.4) is 0 Å². The number of nitrogens with one attached hydrogen (secondary N) is 1. The topological polar surface area (TPSA) is 15.3 Å². The maximum absolute atomic E-state index is 3.87. The van der Waals surface area contributed by atoms with Gasteiger partial charge in [0, 0.05) is 31.2 Å². The summed E-state index contributed by atoms with van der Waals surface area (Å²) < 4.78 is 0. The molecule has 2 rings (SSSR count). The van der Waals surface area contributed by atoms with Gasteiger partial charge in [-0.15, -0.1) is 6.58 Å². The molecule has 2 aliphatic heterocycles. The van der Waals surface area contributed by atoms with Crippen molar-refractivity contribution in [1.29, 1.82) is 0 Å².